The average Bonchev–Trinajstić information content (AvgIpc) is 3.17. The highest BCUT2D eigenvalue weighted by atomic mass is 16.2. The van der Waals surface area contributed by atoms with Crippen molar-refractivity contribution >= 4 is 16.9 Å². The number of imidazole rings is 1. The van der Waals surface area contributed by atoms with Gasteiger partial charge in [-0.15, -0.1) is 13.2 Å². The van der Waals surface area contributed by atoms with E-state index < -0.39 is 0 Å². The minimum Gasteiger partial charge on any atom is -0.334 e. The molecule has 0 unspecified atom stereocenters. The van der Waals surface area contributed by atoms with Gasteiger partial charge in [-0.1, -0.05) is 78.9 Å². The first-order valence-electron chi connectivity index (χ1n) is 10.8. The van der Waals surface area contributed by atoms with E-state index in [9.17, 15) is 4.79 Å². The second-order valence-corrected chi connectivity index (χ2v) is 7.72. The zero-order chi connectivity index (χ0) is 22.3. The van der Waals surface area contributed by atoms with Gasteiger partial charge in [0.15, 0.2) is 0 Å². The van der Waals surface area contributed by atoms with Gasteiger partial charge < -0.3 is 9.47 Å². The largest absolute Gasteiger partial charge is 0.334 e. The molecule has 3 aromatic carbocycles. The van der Waals surface area contributed by atoms with Gasteiger partial charge in [-0.3, -0.25) is 4.79 Å². The Morgan fingerprint density at radius 2 is 1.47 bits per heavy atom. The molecule has 0 aliphatic carbocycles. The van der Waals surface area contributed by atoms with E-state index in [0.29, 0.717) is 19.5 Å². The predicted octanol–water partition coefficient (Wildman–Crippen LogP) is 5.49. The van der Waals surface area contributed by atoms with Gasteiger partial charge in [-0.2, -0.15) is 0 Å². The molecule has 4 nitrogen and oxygen atoms in total. The number of hydrogen-bond acceptors (Lipinski definition) is 2. The fraction of sp³-hybridized carbons (Fsp3) is 0.143. The van der Waals surface area contributed by atoms with Crippen molar-refractivity contribution in [3.05, 3.63) is 116 Å². The monoisotopic (exact) mass is 421 g/mol. The molecule has 0 saturated heterocycles. The lowest BCUT2D eigenvalue weighted by atomic mass is 10.0. The summed E-state index contributed by atoms with van der Waals surface area (Å²) >= 11 is 0. The molecule has 0 fully saturated rings. The number of fused-ring (bicyclic) bond motifs is 1. The second-order valence-electron chi connectivity index (χ2n) is 7.72. The Labute approximate surface area is 189 Å². The van der Waals surface area contributed by atoms with Gasteiger partial charge in [0, 0.05) is 19.5 Å². The number of rotatable bonds is 9. The molecule has 0 radical (unpaired) electrons. The summed E-state index contributed by atoms with van der Waals surface area (Å²) in [4.78, 5) is 19.6. The molecule has 0 spiro atoms. The van der Waals surface area contributed by atoms with Crippen LogP contribution < -0.4 is 0 Å². The van der Waals surface area contributed by atoms with E-state index in [0.717, 1.165) is 22.4 Å². The van der Waals surface area contributed by atoms with Crippen LogP contribution in [0.25, 0.3) is 22.2 Å². The van der Waals surface area contributed by atoms with Crippen LogP contribution in [0, 0.1) is 0 Å². The van der Waals surface area contributed by atoms with Crippen molar-refractivity contribution in [2.45, 2.75) is 13.0 Å². The Balaban J connectivity index is 1.62. The van der Waals surface area contributed by atoms with Gasteiger partial charge in [-0.25, -0.2) is 4.98 Å². The molecule has 1 heterocycles. The average molecular weight is 422 g/mol. The maximum Gasteiger partial charge on any atom is 0.243 e. The van der Waals surface area contributed by atoms with Crippen LogP contribution in [-0.4, -0.2) is 33.4 Å². The zero-order valence-corrected chi connectivity index (χ0v) is 18.2. The molecule has 160 valence electrons. The topological polar surface area (TPSA) is 38.1 Å². The summed E-state index contributed by atoms with van der Waals surface area (Å²) < 4.78 is 2.03. The van der Waals surface area contributed by atoms with Gasteiger partial charge >= 0.3 is 0 Å². The predicted molar refractivity (Wildman–Crippen MR) is 131 cm³/mol. The second kappa shape index (κ2) is 9.92. The minimum atomic E-state index is 0.0219. The van der Waals surface area contributed by atoms with Crippen molar-refractivity contribution in [2.24, 2.45) is 0 Å². The van der Waals surface area contributed by atoms with Crippen molar-refractivity contribution in [1.82, 2.24) is 14.5 Å². The van der Waals surface area contributed by atoms with Crippen LogP contribution in [0.2, 0.25) is 0 Å². The van der Waals surface area contributed by atoms with E-state index in [1.165, 1.54) is 11.1 Å². The Hall–Kier alpha value is -3.92. The van der Waals surface area contributed by atoms with Crippen LogP contribution in [0.3, 0.4) is 0 Å². The van der Waals surface area contributed by atoms with Crippen LogP contribution in [-0.2, 0) is 17.8 Å². The minimum absolute atomic E-state index is 0.0219. The summed E-state index contributed by atoms with van der Waals surface area (Å²) in [7, 11) is 0. The number of nitrogens with zero attached hydrogens (tertiary/aromatic N) is 3. The van der Waals surface area contributed by atoms with E-state index in [1.807, 2.05) is 47.0 Å². The lowest BCUT2D eigenvalue weighted by Crippen LogP contribution is -2.34. The van der Waals surface area contributed by atoms with Gasteiger partial charge in [0.1, 0.15) is 12.4 Å². The molecule has 32 heavy (non-hydrogen) atoms. The van der Waals surface area contributed by atoms with Crippen LogP contribution in [0.4, 0.5) is 0 Å². The maximum atomic E-state index is 13.0. The molecule has 0 aliphatic rings. The standard InChI is InChI=1S/C28H27N3O/c1-3-18-30(19-4-2)28(32)21-31-26-13-9-8-12-25(26)29-27(31)20-22-14-16-24(17-15-22)23-10-6-5-7-11-23/h3-17H,1-2,18-21H2. The molecule has 0 N–H and O–H groups in total. The van der Waals surface area contributed by atoms with E-state index in [-0.39, 0.29) is 12.5 Å². The first-order chi connectivity index (χ1) is 15.7. The van der Waals surface area contributed by atoms with Gasteiger partial charge in [0.05, 0.1) is 11.0 Å². The van der Waals surface area contributed by atoms with Crippen LogP contribution in [0.1, 0.15) is 11.4 Å². The molecular formula is C28H27N3O. The number of hydrogen-bond donors (Lipinski definition) is 0. The molecular weight excluding hydrogens is 394 g/mol. The van der Waals surface area contributed by atoms with Crippen molar-refractivity contribution in [3.8, 4) is 11.1 Å². The Morgan fingerprint density at radius 3 is 2.16 bits per heavy atom. The number of carbonyl (C=O) groups excluding carboxylic acids is 1. The molecule has 0 aliphatic heterocycles. The molecule has 0 atom stereocenters. The molecule has 4 aromatic rings. The lowest BCUT2D eigenvalue weighted by Gasteiger charge is -2.20. The Kier molecular flexibility index (Phi) is 6.61. The highest BCUT2D eigenvalue weighted by Crippen LogP contribution is 2.22. The molecule has 4 heteroatoms. The highest BCUT2D eigenvalue weighted by molar-refractivity contribution is 5.81. The number of aromatic nitrogens is 2. The first-order valence-corrected chi connectivity index (χ1v) is 10.8. The molecule has 0 saturated carbocycles. The van der Waals surface area contributed by atoms with Gasteiger partial charge in [0.25, 0.3) is 0 Å². The van der Waals surface area contributed by atoms with Crippen LogP contribution in [0.5, 0.6) is 0 Å². The zero-order valence-electron chi connectivity index (χ0n) is 18.2. The number of carbonyl (C=O) groups is 1. The van der Waals surface area contributed by atoms with Crippen LogP contribution in [0.15, 0.2) is 104 Å². The third kappa shape index (κ3) is 4.70. The van der Waals surface area contributed by atoms with E-state index in [2.05, 4.69) is 49.6 Å². The first kappa shape index (κ1) is 21.3. The summed E-state index contributed by atoms with van der Waals surface area (Å²) in [6.45, 7) is 8.76. The summed E-state index contributed by atoms with van der Waals surface area (Å²) in [5.41, 5.74) is 5.40. The summed E-state index contributed by atoms with van der Waals surface area (Å²) in [5.74, 6) is 0.901. The quantitative estimate of drug-likeness (QED) is 0.335. The van der Waals surface area contributed by atoms with E-state index in [4.69, 9.17) is 4.98 Å². The molecule has 0 bridgehead atoms. The van der Waals surface area contributed by atoms with Gasteiger partial charge in [0.2, 0.25) is 5.91 Å². The Bertz CT molecular complexity index is 1210. The Morgan fingerprint density at radius 1 is 0.844 bits per heavy atom. The fourth-order valence-corrected chi connectivity index (χ4v) is 3.89. The molecule has 1 aromatic heterocycles. The summed E-state index contributed by atoms with van der Waals surface area (Å²) in [5, 5.41) is 0. The maximum absolute atomic E-state index is 13.0. The lowest BCUT2D eigenvalue weighted by molar-refractivity contribution is -0.130. The number of amides is 1. The number of benzene rings is 3. The van der Waals surface area contributed by atoms with Crippen molar-refractivity contribution in [1.29, 1.82) is 0 Å². The summed E-state index contributed by atoms with van der Waals surface area (Å²) in [6.07, 6.45) is 4.13. The normalized spacial score (nSPS) is 10.8. The van der Waals surface area contributed by atoms with E-state index in [1.54, 1.807) is 17.1 Å². The smallest absolute Gasteiger partial charge is 0.243 e. The third-order valence-corrected chi connectivity index (χ3v) is 5.50. The fourth-order valence-electron chi connectivity index (χ4n) is 3.89. The van der Waals surface area contributed by atoms with Crippen molar-refractivity contribution < 1.29 is 4.79 Å². The van der Waals surface area contributed by atoms with E-state index >= 15 is 0 Å². The SMILES string of the molecule is C=CCN(CC=C)C(=O)Cn1c(Cc2ccc(-c3ccccc3)cc2)nc2ccccc21. The number of para-hydroxylation sites is 2. The third-order valence-electron chi connectivity index (χ3n) is 5.50. The highest BCUT2D eigenvalue weighted by Gasteiger charge is 2.17. The van der Waals surface area contributed by atoms with Crippen molar-refractivity contribution in [3.63, 3.8) is 0 Å². The molecule has 4 rings (SSSR count). The summed E-state index contributed by atoms with van der Waals surface area (Å²) in [6, 6.07) is 26.8. The van der Waals surface area contributed by atoms with Crippen molar-refractivity contribution in [2.75, 3.05) is 13.1 Å². The van der Waals surface area contributed by atoms with Crippen LogP contribution >= 0.6 is 0 Å². The van der Waals surface area contributed by atoms with Gasteiger partial charge in [-0.05, 0) is 28.8 Å². The molecule has 1 amide bonds.